The molecule has 6 heteroatoms. The molecule has 18 heavy (non-hydrogen) atoms. The number of rotatable bonds is 5. The largest absolute Gasteiger partial charge is 0.497 e. The molecule has 1 aromatic carbocycles. The van der Waals surface area contributed by atoms with Gasteiger partial charge in [-0.05, 0) is 24.6 Å². The Labute approximate surface area is 116 Å². The standard InChI is InChI=1S/C12H17BrO4S/c1-4-18(15,16)12(2,13)11(14)9-5-7-10(17-3)8-6-9/h5-8,11,14H,4H2,1-3H3/t11-,12-/m0/s1. The Morgan fingerprint density at radius 3 is 2.28 bits per heavy atom. The average Bonchev–Trinajstić information content (AvgIpc) is 2.37. The highest BCUT2D eigenvalue weighted by Crippen LogP contribution is 2.39. The van der Waals surface area contributed by atoms with Gasteiger partial charge in [0.1, 0.15) is 11.9 Å². The van der Waals surface area contributed by atoms with Gasteiger partial charge in [-0.2, -0.15) is 0 Å². The zero-order valence-corrected chi connectivity index (χ0v) is 13.0. The predicted molar refractivity (Wildman–Crippen MR) is 74.7 cm³/mol. The van der Waals surface area contributed by atoms with E-state index in [0.717, 1.165) is 0 Å². The van der Waals surface area contributed by atoms with E-state index < -0.39 is 19.6 Å². The van der Waals surface area contributed by atoms with Crippen molar-refractivity contribution in [1.29, 1.82) is 0 Å². The van der Waals surface area contributed by atoms with Gasteiger partial charge in [-0.1, -0.05) is 35.0 Å². The number of aliphatic hydroxyl groups excluding tert-OH is 1. The van der Waals surface area contributed by atoms with E-state index in [2.05, 4.69) is 15.9 Å². The van der Waals surface area contributed by atoms with Gasteiger partial charge in [-0.15, -0.1) is 0 Å². The molecular formula is C12H17BrO4S. The second kappa shape index (κ2) is 5.59. The van der Waals surface area contributed by atoms with Gasteiger partial charge in [0, 0.05) is 5.75 Å². The van der Waals surface area contributed by atoms with Crippen molar-refractivity contribution in [3.63, 3.8) is 0 Å². The molecule has 0 radical (unpaired) electrons. The summed E-state index contributed by atoms with van der Waals surface area (Å²) in [6.45, 7) is 3.01. The molecule has 2 atom stereocenters. The molecular weight excluding hydrogens is 320 g/mol. The normalized spacial score (nSPS) is 16.9. The Morgan fingerprint density at radius 2 is 1.89 bits per heavy atom. The van der Waals surface area contributed by atoms with Crippen LogP contribution >= 0.6 is 15.9 Å². The summed E-state index contributed by atoms with van der Waals surface area (Å²) in [5.74, 6) is 0.614. The van der Waals surface area contributed by atoms with Crippen LogP contribution in [0.4, 0.5) is 0 Å². The summed E-state index contributed by atoms with van der Waals surface area (Å²) in [6, 6.07) is 6.66. The van der Waals surface area contributed by atoms with Gasteiger partial charge < -0.3 is 9.84 Å². The molecule has 0 aliphatic heterocycles. The Morgan fingerprint density at radius 1 is 1.39 bits per heavy atom. The Hall–Kier alpha value is -0.590. The molecule has 1 N–H and O–H groups in total. The Balaban J connectivity index is 3.09. The molecule has 0 unspecified atom stereocenters. The van der Waals surface area contributed by atoms with Crippen molar-refractivity contribution >= 4 is 25.8 Å². The zero-order valence-electron chi connectivity index (χ0n) is 10.6. The van der Waals surface area contributed by atoms with Gasteiger partial charge in [-0.3, -0.25) is 0 Å². The lowest BCUT2D eigenvalue weighted by atomic mass is 10.1. The first kappa shape index (κ1) is 15.5. The van der Waals surface area contributed by atoms with Crippen LogP contribution in [0, 0.1) is 0 Å². The molecule has 0 saturated carbocycles. The summed E-state index contributed by atoms with van der Waals surface area (Å²) >= 11 is 3.13. The number of methoxy groups -OCH3 is 1. The molecule has 1 rings (SSSR count). The van der Waals surface area contributed by atoms with Crippen molar-refractivity contribution in [2.45, 2.75) is 23.6 Å². The lowest BCUT2D eigenvalue weighted by Crippen LogP contribution is -2.36. The molecule has 0 aromatic heterocycles. The van der Waals surface area contributed by atoms with E-state index in [1.165, 1.54) is 6.92 Å². The molecule has 0 amide bonds. The topological polar surface area (TPSA) is 63.6 Å². The smallest absolute Gasteiger partial charge is 0.168 e. The first-order valence-corrected chi connectivity index (χ1v) is 7.94. The molecule has 102 valence electrons. The molecule has 0 bridgehead atoms. The van der Waals surface area contributed by atoms with Gasteiger partial charge in [0.25, 0.3) is 0 Å². The maximum Gasteiger partial charge on any atom is 0.168 e. The molecule has 0 saturated heterocycles. The van der Waals surface area contributed by atoms with Gasteiger partial charge in [0.15, 0.2) is 13.5 Å². The van der Waals surface area contributed by atoms with Crippen LogP contribution in [-0.2, 0) is 9.84 Å². The van der Waals surface area contributed by atoms with Crippen molar-refractivity contribution in [3.05, 3.63) is 29.8 Å². The number of halogens is 1. The quantitative estimate of drug-likeness (QED) is 0.838. The monoisotopic (exact) mass is 336 g/mol. The summed E-state index contributed by atoms with van der Waals surface area (Å²) in [4.78, 5) is 0. The number of alkyl halides is 1. The number of benzene rings is 1. The second-order valence-corrected chi connectivity index (χ2v) is 8.89. The van der Waals surface area contributed by atoms with Crippen LogP contribution in [0.2, 0.25) is 0 Å². The minimum atomic E-state index is -3.43. The maximum absolute atomic E-state index is 11.9. The summed E-state index contributed by atoms with van der Waals surface area (Å²) in [5, 5.41) is 10.2. The summed E-state index contributed by atoms with van der Waals surface area (Å²) in [5.41, 5.74) is 0.521. The predicted octanol–water partition coefficient (Wildman–Crippen LogP) is 2.27. The first-order valence-electron chi connectivity index (χ1n) is 5.49. The highest BCUT2D eigenvalue weighted by Gasteiger charge is 2.42. The fourth-order valence-electron chi connectivity index (χ4n) is 1.54. The van der Waals surface area contributed by atoms with E-state index in [-0.39, 0.29) is 5.75 Å². The molecule has 0 aliphatic rings. The molecule has 0 fully saturated rings. The van der Waals surface area contributed by atoms with E-state index in [9.17, 15) is 13.5 Å². The number of hydrogen-bond donors (Lipinski definition) is 1. The fourth-order valence-corrected chi connectivity index (χ4v) is 3.53. The van der Waals surface area contributed by atoms with Crippen molar-refractivity contribution < 1.29 is 18.3 Å². The Bertz CT molecular complexity index is 493. The number of aliphatic hydroxyl groups is 1. The lowest BCUT2D eigenvalue weighted by Gasteiger charge is -2.28. The van der Waals surface area contributed by atoms with Crippen molar-refractivity contribution in [2.24, 2.45) is 0 Å². The van der Waals surface area contributed by atoms with Crippen LogP contribution in [0.1, 0.15) is 25.5 Å². The van der Waals surface area contributed by atoms with Crippen LogP contribution in [0.15, 0.2) is 24.3 Å². The van der Waals surface area contributed by atoms with Crippen molar-refractivity contribution in [2.75, 3.05) is 12.9 Å². The third-order valence-electron chi connectivity index (χ3n) is 2.91. The number of ether oxygens (including phenoxy) is 1. The highest BCUT2D eigenvalue weighted by atomic mass is 79.9. The van der Waals surface area contributed by atoms with Gasteiger partial charge in [0.2, 0.25) is 0 Å². The highest BCUT2D eigenvalue weighted by molar-refractivity contribution is 9.11. The minimum absolute atomic E-state index is 0.0397. The van der Waals surface area contributed by atoms with Crippen LogP contribution < -0.4 is 4.74 Å². The fraction of sp³-hybridized carbons (Fsp3) is 0.500. The van der Waals surface area contributed by atoms with Crippen LogP contribution in [0.25, 0.3) is 0 Å². The van der Waals surface area contributed by atoms with Gasteiger partial charge in [0.05, 0.1) is 7.11 Å². The van der Waals surface area contributed by atoms with Gasteiger partial charge in [-0.25, -0.2) is 8.42 Å². The van der Waals surface area contributed by atoms with E-state index in [1.807, 2.05) is 0 Å². The van der Waals surface area contributed by atoms with Crippen LogP contribution in [0.5, 0.6) is 5.75 Å². The zero-order chi connectivity index (χ0) is 14.0. The maximum atomic E-state index is 11.9. The third-order valence-corrected chi connectivity index (χ3v) is 7.02. The van der Waals surface area contributed by atoms with Crippen molar-refractivity contribution in [1.82, 2.24) is 0 Å². The number of hydrogen-bond acceptors (Lipinski definition) is 4. The third kappa shape index (κ3) is 2.87. The SMILES string of the molecule is CCS(=O)(=O)[C@](C)(Br)[C@@H](O)c1ccc(OC)cc1. The molecule has 1 aromatic rings. The van der Waals surface area contributed by atoms with Crippen LogP contribution in [-0.4, -0.2) is 30.0 Å². The van der Waals surface area contributed by atoms with E-state index in [0.29, 0.717) is 11.3 Å². The summed E-state index contributed by atoms with van der Waals surface area (Å²) in [7, 11) is -1.88. The van der Waals surface area contributed by atoms with E-state index in [1.54, 1.807) is 38.3 Å². The summed E-state index contributed by atoms with van der Waals surface area (Å²) in [6.07, 6.45) is -1.15. The van der Waals surface area contributed by atoms with Crippen LogP contribution in [0.3, 0.4) is 0 Å². The lowest BCUT2D eigenvalue weighted by molar-refractivity contribution is 0.167. The molecule has 4 nitrogen and oxygen atoms in total. The molecule has 0 spiro atoms. The first-order chi connectivity index (χ1) is 8.26. The summed E-state index contributed by atoms with van der Waals surface area (Å²) < 4.78 is 27.5. The molecule has 0 heterocycles. The van der Waals surface area contributed by atoms with E-state index >= 15 is 0 Å². The van der Waals surface area contributed by atoms with Gasteiger partial charge >= 0.3 is 0 Å². The average molecular weight is 337 g/mol. The second-order valence-electron chi connectivity index (χ2n) is 4.07. The van der Waals surface area contributed by atoms with Crippen molar-refractivity contribution in [3.8, 4) is 5.75 Å². The van der Waals surface area contributed by atoms with E-state index in [4.69, 9.17) is 4.74 Å². The Kier molecular flexibility index (Phi) is 4.80. The minimum Gasteiger partial charge on any atom is -0.497 e. The number of sulfone groups is 1. The molecule has 0 aliphatic carbocycles.